The van der Waals surface area contributed by atoms with Crippen molar-refractivity contribution in [2.75, 3.05) is 11.5 Å². The molecule has 0 N–H and O–H groups in total. The first-order chi connectivity index (χ1) is 6.93. The highest BCUT2D eigenvalue weighted by Crippen LogP contribution is 2.06. The van der Waals surface area contributed by atoms with Crippen molar-refractivity contribution in [1.82, 2.24) is 0 Å². The monoisotopic (exact) mass is 206 g/mol. The standard InChI is InChI=1S/C13H18S/c1-2-3-11-14-12-7-10-13-8-5-4-6-9-13/h4-10H,2-3,11-12H2,1H3/b10-7+. The molecule has 76 valence electrons. The molecule has 0 bridgehead atoms. The molecule has 0 nitrogen and oxygen atoms in total. The van der Waals surface area contributed by atoms with Gasteiger partial charge in [0.1, 0.15) is 0 Å². The molecule has 1 rings (SSSR count). The van der Waals surface area contributed by atoms with Gasteiger partial charge in [-0.05, 0) is 17.7 Å². The zero-order chi connectivity index (χ0) is 10.1. The van der Waals surface area contributed by atoms with Crippen molar-refractivity contribution in [1.29, 1.82) is 0 Å². The Morgan fingerprint density at radius 2 is 2.00 bits per heavy atom. The van der Waals surface area contributed by atoms with Crippen LogP contribution in [-0.4, -0.2) is 11.5 Å². The minimum absolute atomic E-state index is 1.13. The molecule has 0 saturated heterocycles. The molecular formula is C13H18S. The quantitative estimate of drug-likeness (QED) is 0.628. The molecule has 1 aromatic carbocycles. The van der Waals surface area contributed by atoms with Gasteiger partial charge in [0.15, 0.2) is 0 Å². The lowest BCUT2D eigenvalue weighted by Gasteiger charge is -1.95. The number of unbranched alkanes of at least 4 members (excludes halogenated alkanes) is 1. The van der Waals surface area contributed by atoms with Crippen molar-refractivity contribution in [3.05, 3.63) is 42.0 Å². The van der Waals surface area contributed by atoms with E-state index >= 15 is 0 Å². The van der Waals surface area contributed by atoms with Crippen LogP contribution in [0.25, 0.3) is 6.08 Å². The summed E-state index contributed by atoms with van der Waals surface area (Å²) in [7, 11) is 0. The predicted octanol–water partition coefficient (Wildman–Crippen LogP) is 4.23. The normalized spacial score (nSPS) is 10.9. The summed E-state index contributed by atoms with van der Waals surface area (Å²) < 4.78 is 0. The summed E-state index contributed by atoms with van der Waals surface area (Å²) in [5.74, 6) is 2.42. The molecule has 0 heterocycles. The van der Waals surface area contributed by atoms with Crippen molar-refractivity contribution >= 4 is 17.8 Å². The van der Waals surface area contributed by atoms with Crippen LogP contribution in [0.3, 0.4) is 0 Å². The van der Waals surface area contributed by atoms with Gasteiger partial charge in [-0.2, -0.15) is 11.8 Å². The molecule has 0 aliphatic heterocycles. The van der Waals surface area contributed by atoms with Gasteiger partial charge >= 0.3 is 0 Å². The van der Waals surface area contributed by atoms with E-state index in [4.69, 9.17) is 0 Å². The lowest BCUT2D eigenvalue weighted by Crippen LogP contribution is -1.78. The zero-order valence-electron chi connectivity index (χ0n) is 8.78. The first-order valence-corrected chi connectivity index (χ1v) is 6.38. The van der Waals surface area contributed by atoms with Gasteiger partial charge in [-0.1, -0.05) is 55.8 Å². The van der Waals surface area contributed by atoms with E-state index in [1.54, 1.807) is 0 Å². The smallest absolute Gasteiger partial charge is 0.0116 e. The van der Waals surface area contributed by atoms with Gasteiger partial charge in [0, 0.05) is 5.75 Å². The highest BCUT2D eigenvalue weighted by atomic mass is 32.2. The molecule has 0 spiro atoms. The molecule has 1 heteroatoms. The third-order valence-corrected chi connectivity index (χ3v) is 2.97. The Morgan fingerprint density at radius 3 is 2.71 bits per heavy atom. The maximum Gasteiger partial charge on any atom is 0.0116 e. The fourth-order valence-electron chi connectivity index (χ4n) is 1.15. The second-order valence-corrected chi connectivity index (χ2v) is 4.39. The lowest BCUT2D eigenvalue weighted by molar-refractivity contribution is 0.897. The predicted molar refractivity (Wildman–Crippen MR) is 67.7 cm³/mol. The summed E-state index contributed by atoms with van der Waals surface area (Å²) in [6.07, 6.45) is 7.08. The van der Waals surface area contributed by atoms with E-state index in [9.17, 15) is 0 Å². The Hall–Kier alpha value is -0.690. The summed E-state index contributed by atoms with van der Waals surface area (Å²) in [5.41, 5.74) is 1.29. The molecule has 0 aliphatic carbocycles. The van der Waals surface area contributed by atoms with Gasteiger partial charge in [0.05, 0.1) is 0 Å². The van der Waals surface area contributed by atoms with Crippen LogP contribution in [0.1, 0.15) is 25.3 Å². The maximum absolute atomic E-state index is 2.25. The summed E-state index contributed by atoms with van der Waals surface area (Å²) in [6, 6.07) is 10.5. The van der Waals surface area contributed by atoms with Crippen LogP contribution in [0.4, 0.5) is 0 Å². The molecule has 0 aromatic heterocycles. The van der Waals surface area contributed by atoms with Crippen molar-refractivity contribution in [3.63, 3.8) is 0 Å². The van der Waals surface area contributed by atoms with Crippen molar-refractivity contribution in [3.8, 4) is 0 Å². The topological polar surface area (TPSA) is 0 Å². The summed E-state index contributed by atoms with van der Waals surface area (Å²) in [5, 5.41) is 0. The third kappa shape index (κ3) is 5.13. The van der Waals surface area contributed by atoms with Crippen molar-refractivity contribution < 1.29 is 0 Å². The molecule has 0 saturated carbocycles. The molecule has 0 fully saturated rings. The Bertz CT molecular complexity index is 251. The van der Waals surface area contributed by atoms with Crippen LogP contribution in [0.15, 0.2) is 36.4 Å². The number of rotatable bonds is 6. The minimum Gasteiger partial charge on any atom is -0.158 e. The van der Waals surface area contributed by atoms with Crippen LogP contribution in [-0.2, 0) is 0 Å². The SMILES string of the molecule is CCCCSC/C=C/c1ccccc1. The number of thioether (sulfide) groups is 1. The van der Waals surface area contributed by atoms with E-state index in [1.807, 2.05) is 17.8 Å². The fourth-order valence-corrected chi connectivity index (χ4v) is 2.04. The summed E-state index contributed by atoms with van der Waals surface area (Å²) in [6.45, 7) is 2.24. The largest absolute Gasteiger partial charge is 0.158 e. The number of hydrogen-bond donors (Lipinski definition) is 0. The van der Waals surface area contributed by atoms with Gasteiger partial charge in [-0.3, -0.25) is 0 Å². The van der Waals surface area contributed by atoms with Crippen LogP contribution in [0.2, 0.25) is 0 Å². The van der Waals surface area contributed by atoms with Gasteiger partial charge < -0.3 is 0 Å². The number of benzene rings is 1. The molecular weight excluding hydrogens is 188 g/mol. The van der Waals surface area contributed by atoms with E-state index in [-0.39, 0.29) is 0 Å². The van der Waals surface area contributed by atoms with E-state index in [2.05, 4.69) is 43.3 Å². The van der Waals surface area contributed by atoms with Gasteiger partial charge in [0.25, 0.3) is 0 Å². The lowest BCUT2D eigenvalue weighted by atomic mass is 10.2. The first-order valence-electron chi connectivity index (χ1n) is 5.23. The molecule has 0 amide bonds. The van der Waals surface area contributed by atoms with Gasteiger partial charge in [-0.15, -0.1) is 0 Å². The van der Waals surface area contributed by atoms with E-state index in [0.717, 1.165) is 5.75 Å². The average Bonchev–Trinajstić information content (AvgIpc) is 2.25. The molecule has 0 aliphatic rings. The van der Waals surface area contributed by atoms with Crippen LogP contribution in [0.5, 0.6) is 0 Å². The third-order valence-electron chi connectivity index (χ3n) is 1.97. The number of hydrogen-bond acceptors (Lipinski definition) is 1. The van der Waals surface area contributed by atoms with Crippen molar-refractivity contribution in [2.45, 2.75) is 19.8 Å². The average molecular weight is 206 g/mol. The Kier molecular flexibility index (Phi) is 6.25. The zero-order valence-corrected chi connectivity index (χ0v) is 9.59. The summed E-state index contributed by atoms with van der Waals surface area (Å²) in [4.78, 5) is 0. The molecule has 0 radical (unpaired) electrons. The second-order valence-electron chi connectivity index (χ2n) is 3.24. The minimum atomic E-state index is 1.13. The van der Waals surface area contributed by atoms with Crippen LogP contribution < -0.4 is 0 Å². The van der Waals surface area contributed by atoms with Crippen molar-refractivity contribution in [2.24, 2.45) is 0 Å². The van der Waals surface area contributed by atoms with E-state index in [1.165, 1.54) is 24.2 Å². The molecule has 0 unspecified atom stereocenters. The highest BCUT2D eigenvalue weighted by molar-refractivity contribution is 7.99. The molecule has 14 heavy (non-hydrogen) atoms. The fraction of sp³-hybridized carbons (Fsp3) is 0.385. The Labute approximate surface area is 91.4 Å². The second kappa shape index (κ2) is 7.69. The van der Waals surface area contributed by atoms with Gasteiger partial charge in [-0.25, -0.2) is 0 Å². The molecule has 0 atom stereocenters. The van der Waals surface area contributed by atoms with Crippen LogP contribution in [0, 0.1) is 0 Å². The van der Waals surface area contributed by atoms with Gasteiger partial charge in [0.2, 0.25) is 0 Å². The Morgan fingerprint density at radius 1 is 1.21 bits per heavy atom. The Balaban J connectivity index is 2.15. The first kappa shape index (κ1) is 11.4. The highest BCUT2D eigenvalue weighted by Gasteiger charge is 1.85. The summed E-state index contributed by atoms with van der Waals surface area (Å²) >= 11 is 2.01. The van der Waals surface area contributed by atoms with Crippen LogP contribution >= 0.6 is 11.8 Å². The van der Waals surface area contributed by atoms with E-state index in [0.29, 0.717) is 0 Å². The van der Waals surface area contributed by atoms with E-state index < -0.39 is 0 Å². The maximum atomic E-state index is 2.25. The molecule has 1 aromatic rings.